The molecule has 1 aliphatic heterocycles. The van der Waals surface area contributed by atoms with E-state index >= 15 is 0 Å². The zero-order valence-corrected chi connectivity index (χ0v) is 22.4. The van der Waals surface area contributed by atoms with Crippen LogP contribution in [0.5, 0.6) is 0 Å². The maximum absolute atomic E-state index is 13.7. The molecule has 2 fully saturated rings. The van der Waals surface area contributed by atoms with Crippen molar-refractivity contribution in [1.82, 2.24) is 35.0 Å². The molecule has 2 aliphatic rings. The predicted octanol–water partition coefficient (Wildman–Crippen LogP) is 4.54. The number of hydrogen-bond donors (Lipinski definition) is 1. The monoisotopic (exact) mass is 511 g/mol. The Morgan fingerprint density at radius 1 is 0.974 bits per heavy atom. The van der Waals surface area contributed by atoms with Gasteiger partial charge in [0.05, 0.1) is 11.6 Å². The van der Waals surface area contributed by atoms with Crippen molar-refractivity contribution in [3.05, 3.63) is 87.0 Å². The van der Waals surface area contributed by atoms with Crippen molar-refractivity contribution in [3.63, 3.8) is 0 Å². The number of pyridine rings is 1. The molecule has 1 saturated carbocycles. The van der Waals surface area contributed by atoms with Gasteiger partial charge in [0.2, 0.25) is 0 Å². The van der Waals surface area contributed by atoms with Crippen LogP contribution in [0.4, 0.5) is 0 Å². The molecular formula is C30H37N7O. The number of rotatable bonds is 6. The van der Waals surface area contributed by atoms with Crippen molar-refractivity contribution in [2.24, 2.45) is 0 Å². The zero-order chi connectivity index (χ0) is 26.1. The van der Waals surface area contributed by atoms with Gasteiger partial charge < -0.3 is 4.98 Å². The minimum absolute atomic E-state index is 0.0545. The molecule has 198 valence electrons. The minimum atomic E-state index is -0.291. The predicted molar refractivity (Wildman–Crippen MR) is 149 cm³/mol. The Labute approximate surface area is 223 Å². The Balaban J connectivity index is 1.36. The van der Waals surface area contributed by atoms with Crippen LogP contribution in [0.15, 0.2) is 53.3 Å². The number of H-pyrrole nitrogens is 1. The van der Waals surface area contributed by atoms with E-state index in [0.29, 0.717) is 6.04 Å². The van der Waals surface area contributed by atoms with Gasteiger partial charge in [-0.1, -0.05) is 61.7 Å². The fraction of sp³-hybridized carbons (Fsp3) is 0.467. The third-order valence-corrected chi connectivity index (χ3v) is 8.58. The second-order valence-electron chi connectivity index (χ2n) is 11.0. The van der Waals surface area contributed by atoms with Gasteiger partial charge in [0, 0.05) is 38.3 Å². The van der Waals surface area contributed by atoms with Crippen LogP contribution in [0.25, 0.3) is 10.9 Å². The Morgan fingerprint density at radius 3 is 2.50 bits per heavy atom. The number of nitrogens with zero attached hydrogens (tertiary/aromatic N) is 6. The van der Waals surface area contributed by atoms with Gasteiger partial charge in [0.15, 0.2) is 5.82 Å². The van der Waals surface area contributed by atoms with Gasteiger partial charge >= 0.3 is 0 Å². The van der Waals surface area contributed by atoms with Crippen molar-refractivity contribution in [2.45, 2.75) is 64.6 Å². The van der Waals surface area contributed by atoms with E-state index < -0.39 is 0 Å². The van der Waals surface area contributed by atoms with Crippen LogP contribution in [0.2, 0.25) is 0 Å². The maximum Gasteiger partial charge on any atom is 0.253 e. The first-order chi connectivity index (χ1) is 18.6. The molecule has 0 amide bonds. The SMILES string of the molecule is Cc1ccc2cc(C(c3nnnn3C3CCCCC3)N3CCN(Cc4ccccc4)CC3)c(=O)[nH]c2c1C. The first-order valence-electron chi connectivity index (χ1n) is 14.0. The second-order valence-corrected chi connectivity index (χ2v) is 11.0. The number of piperazine rings is 1. The number of aryl methyl sites for hydroxylation is 2. The van der Waals surface area contributed by atoms with Crippen LogP contribution < -0.4 is 5.56 Å². The molecule has 8 nitrogen and oxygen atoms in total. The summed E-state index contributed by atoms with van der Waals surface area (Å²) in [6.45, 7) is 8.64. The molecule has 38 heavy (non-hydrogen) atoms. The van der Waals surface area contributed by atoms with Gasteiger partial charge in [-0.3, -0.25) is 14.6 Å². The first-order valence-corrected chi connectivity index (χ1v) is 14.0. The second kappa shape index (κ2) is 10.8. The number of fused-ring (bicyclic) bond motifs is 1. The zero-order valence-electron chi connectivity index (χ0n) is 22.4. The fourth-order valence-corrected chi connectivity index (χ4v) is 6.23. The lowest BCUT2D eigenvalue weighted by Crippen LogP contribution is -2.48. The summed E-state index contributed by atoms with van der Waals surface area (Å²) in [5, 5.41) is 14.2. The molecule has 0 radical (unpaired) electrons. The molecule has 0 bridgehead atoms. The average Bonchev–Trinajstić information content (AvgIpc) is 3.43. The Morgan fingerprint density at radius 2 is 1.74 bits per heavy atom. The van der Waals surface area contributed by atoms with E-state index in [0.717, 1.165) is 73.4 Å². The Kier molecular flexibility index (Phi) is 7.08. The summed E-state index contributed by atoms with van der Waals surface area (Å²) < 4.78 is 2.03. The van der Waals surface area contributed by atoms with Gasteiger partial charge in [0.1, 0.15) is 6.04 Å². The van der Waals surface area contributed by atoms with Crippen molar-refractivity contribution < 1.29 is 0 Å². The molecular weight excluding hydrogens is 474 g/mol. The van der Waals surface area contributed by atoms with Crippen LogP contribution in [-0.4, -0.2) is 61.2 Å². The summed E-state index contributed by atoms with van der Waals surface area (Å²) in [6.07, 6.45) is 5.83. The van der Waals surface area contributed by atoms with Crippen LogP contribution in [0, 0.1) is 13.8 Å². The largest absolute Gasteiger partial charge is 0.321 e. The number of aromatic amines is 1. The van der Waals surface area contributed by atoms with Crippen molar-refractivity contribution in [1.29, 1.82) is 0 Å². The van der Waals surface area contributed by atoms with Crippen LogP contribution in [0.1, 0.15) is 72.3 Å². The van der Waals surface area contributed by atoms with Gasteiger partial charge in [-0.05, 0) is 65.3 Å². The van der Waals surface area contributed by atoms with E-state index in [-0.39, 0.29) is 11.6 Å². The lowest BCUT2D eigenvalue weighted by atomic mass is 9.94. The van der Waals surface area contributed by atoms with E-state index in [1.807, 2.05) is 4.68 Å². The molecule has 0 spiro atoms. The highest BCUT2D eigenvalue weighted by Crippen LogP contribution is 2.34. The van der Waals surface area contributed by atoms with Gasteiger partial charge in [0.25, 0.3) is 5.56 Å². The minimum Gasteiger partial charge on any atom is -0.321 e. The highest BCUT2D eigenvalue weighted by Gasteiger charge is 2.34. The maximum atomic E-state index is 13.7. The molecule has 1 aliphatic carbocycles. The summed E-state index contributed by atoms with van der Waals surface area (Å²) in [4.78, 5) is 21.8. The molecule has 1 atom stereocenters. The number of aromatic nitrogens is 5. The summed E-state index contributed by atoms with van der Waals surface area (Å²) in [5.41, 5.74) is 5.20. The molecule has 3 heterocycles. The molecule has 8 heteroatoms. The lowest BCUT2D eigenvalue weighted by Gasteiger charge is -2.39. The van der Waals surface area contributed by atoms with Crippen LogP contribution in [0.3, 0.4) is 0 Å². The van der Waals surface area contributed by atoms with Crippen LogP contribution in [-0.2, 0) is 6.54 Å². The molecule has 6 rings (SSSR count). The third kappa shape index (κ3) is 4.90. The molecule has 1 unspecified atom stereocenters. The topological polar surface area (TPSA) is 82.9 Å². The quantitative estimate of drug-likeness (QED) is 0.409. The summed E-state index contributed by atoms with van der Waals surface area (Å²) in [5.74, 6) is 0.794. The Hall–Kier alpha value is -3.36. The number of tetrazole rings is 1. The smallest absolute Gasteiger partial charge is 0.253 e. The van der Waals surface area contributed by atoms with E-state index in [1.165, 1.54) is 30.4 Å². The third-order valence-electron chi connectivity index (χ3n) is 8.58. The highest BCUT2D eigenvalue weighted by atomic mass is 16.1. The van der Waals surface area contributed by atoms with E-state index in [1.54, 1.807) is 0 Å². The molecule has 1 N–H and O–H groups in total. The molecule has 1 saturated heterocycles. The van der Waals surface area contributed by atoms with E-state index in [9.17, 15) is 4.79 Å². The lowest BCUT2D eigenvalue weighted by molar-refractivity contribution is 0.0982. The van der Waals surface area contributed by atoms with E-state index in [4.69, 9.17) is 0 Å². The van der Waals surface area contributed by atoms with Gasteiger partial charge in [-0.2, -0.15) is 0 Å². The summed E-state index contributed by atoms with van der Waals surface area (Å²) >= 11 is 0. The van der Waals surface area contributed by atoms with Gasteiger partial charge in [-0.25, -0.2) is 4.68 Å². The number of benzene rings is 2. The standard InChI is InChI=1S/C30H37N7O/c1-21-13-14-24-19-26(30(38)31-27(24)22(21)2)28(29-32-33-34-37(29)25-11-7-4-8-12-25)36-17-15-35(16-18-36)20-23-9-5-3-6-10-23/h3,5-6,9-10,13-14,19,25,28H,4,7-8,11-12,15-18,20H2,1-2H3,(H,31,38). The van der Waals surface area contributed by atoms with E-state index in [2.05, 4.69) is 92.7 Å². The molecule has 2 aromatic heterocycles. The molecule has 4 aromatic rings. The van der Waals surface area contributed by atoms with Crippen molar-refractivity contribution in [3.8, 4) is 0 Å². The summed E-state index contributed by atoms with van der Waals surface area (Å²) in [6, 6.07) is 16.9. The van der Waals surface area contributed by atoms with Crippen LogP contribution >= 0.6 is 0 Å². The number of nitrogens with one attached hydrogen (secondary N) is 1. The van der Waals surface area contributed by atoms with Crippen molar-refractivity contribution >= 4 is 10.9 Å². The Bertz CT molecular complexity index is 1450. The summed E-state index contributed by atoms with van der Waals surface area (Å²) in [7, 11) is 0. The first kappa shape index (κ1) is 24.9. The van der Waals surface area contributed by atoms with Gasteiger partial charge in [-0.15, -0.1) is 5.10 Å². The highest BCUT2D eigenvalue weighted by molar-refractivity contribution is 5.83. The normalized spacial score (nSPS) is 18.7. The van der Waals surface area contributed by atoms with Crippen molar-refractivity contribution in [2.75, 3.05) is 26.2 Å². The number of hydrogen-bond acceptors (Lipinski definition) is 6. The average molecular weight is 512 g/mol. The fourth-order valence-electron chi connectivity index (χ4n) is 6.23. The molecule has 2 aromatic carbocycles.